The van der Waals surface area contributed by atoms with E-state index in [0.717, 1.165) is 19.2 Å². The van der Waals surface area contributed by atoms with Gasteiger partial charge in [-0.25, -0.2) is 17.5 Å². The van der Waals surface area contributed by atoms with Crippen molar-refractivity contribution in [3.05, 3.63) is 53.7 Å². The largest absolute Gasteiger partial charge is 0.468 e. The first-order valence-corrected chi connectivity index (χ1v) is 9.40. The van der Waals surface area contributed by atoms with E-state index >= 15 is 0 Å². The van der Waals surface area contributed by atoms with E-state index in [2.05, 4.69) is 9.62 Å². The molecule has 0 aliphatic carbocycles. The third-order valence-electron chi connectivity index (χ3n) is 3.97. The smallest absolute Gasteiger partial charge is 0.243 e. The molecular formula is C17H23FN2O3S. The summed E-state index contributed by atoms with van der Waals surface area (Å²) in [5.41, 5.74) is 0.683. The summed E-state index contributed by atoms with van der Waals surface area (Å²) in [4.78, 5) is 1.74. The highest BCUT2D eigenvalue weighted by Crippen LogP contribution is 2.22. The van der Waals surface area contributed by atoms with Crippen molar-refractivity contribution >= 4 is 10.0 Å². The Morgan fingerprint density at radius 3 is 2.54 bits per heavy atom. The summed E-state index contributed by atoms with van der Waals surface area (Å²) in [7, 11) is -3.94. The zero-order valence-electron chi connectivity index (χ0n) is 14.1. The second-order valence-electron chi connectivity index (χ2n) is 5.54. The van der Waals surface area contributed by atoms with Gasteiger partial charge in [-0.05, 0) is 49.8 Å². The Labute approximate surface area is 142 Å². The average Bonchev–Trinajstić information content (AvgIpc) is 3.07. The highest BCUT2D eigenvalue weighted by molar-refractivity contribution is 7.89. The number of aryl methyl sites for hydroxylation is 1. The van der Waals surface area contributed by atoms with Crippen LogP contribution >= 0.6 is 0 Å². The van der Waals surface area contributed by atoms with E-state index in [1.807, 2.05) is 19.9 Å². The predicted molar refractivity (Wildman–Crippen MR) is 90.7 cm³/mol. The van der Waals surface area contributed by atoms with Gasteiger partial charge >= 0.3 is 0 Å². The molecule has 1 aromatic carbocycles. The Balaban J connectivity index is 2.23. The van der Waals surface area contributed by atoms with Crippen LogP contribution in [0.3, 0.4) is 0 Å². The third-order valence-corrected chi connectivity index (χ3v) is 5.41. The molecule has 1 aromatic heterocycles. The minimum Gasteiger partial charge on any atom is -0.468 e. The van der Waals surface area contributed by atoms with Crippen molar-refractivity contribution in [3.8, 4) is 0 Å². The topological polar surface area (TPSA) is 62.6 Å². The van der Waals surface area contributed by atoms with E-state index in [1.54, 1.807) is 19.3 Å². The summed E-state index contributed by atoms with van der Waals surface area (Å²) in [5.74, 6) is -0.0865. The lowest BCUT2D eigenvalue weighted by Gasteiger charge is -2.28. The lowest BCUT2D eigenvalue weighted by atomic mass is 10.2. The molecule has 0 bridgehead atoms. The maximum absolute atomic E-state index is 13.9. The zero-order chi connectivity index (χ0) is 17.7. The molecule has 0 fully saturated rings. The molecule has 1 heterocycles. The molecule has 0 aliphatic rings. The number of likely N-dealkylation sites (N-methyl/N-ethyl adjacent to an activating group) is 1. The number of benzene rings is 1. The summed E-state index contributed by atoms with van der Waals surface area (Å²) in [6.07, 6.45) is 1.56. The first-order valence-electron chi connectivity index (χ1n) is 7.92. The maximum atomic E-state index is 13.9. The molecular weight excluding hydrogens is 331 g/mol. The number of halogens is 1. The van der Waals surface area contributed by atoms with Crippen molar-refractivity contribution < 1.29 is 17.2 Å². The molecule has 0 aliphatic heterocycles. The van der Waals surface area contributed by atoms with Crippen molar-refractivity contribution in [2.24, 2.45) is 0 Å². The quantitative estimate of drug-likeness (QED) is 0.791. The highest BCUT2D eigenvalue weighted by Gasteiger charge is 2.25. The van der Waals surface area contributed by atoms with E-state index in [-0.39, 0.29) is 17.5 Å². The number of sulfonamides is 1. The summed E-state index contributed by atoms with van der Waals surface area (Å²) < 4.78 is 46.8. The van der Waals surface area contributed by atoms with Crippen molar-refractivity contribution in [3.63, 3.8) is 0 Å². The first kappa shape index (κ1) is 18.6. The van der Waals surface area contributed by atoms with Crippen LogP contribution in [-0.2, 0) is 10.0 Å². The van der Waals surface area contributed by atoms with Gasteiger partial charge in [-0.1, -0.05) is 19.9 Å². The normalized spacial score (nSPS) is 13.4. The molecule has 1 unspecified atom stereocenters. The highest BCUT2D eigenvalue weighted by atomic mass is 32.2. The van der Waals surface area contributed by atoms with E-state index in [4.69, 9.17) is 4.42 Å². The summed E-state index contributed by atoms with van der Waals surface area (Å²) in [6, 6.07) is 7.36. The molecule has 0 saturated heterocycles. The third kappa shape index (κ3) is 4.23. The van der Waals surface area contributed by atoms with Gasteiger partial charge in [0, 0.05) is 6.54 Å². The van der Waals surface area contributed by atoms with Crippen molar-refractivity contribution in [1.29, 1.82) is 0 Å². The van der Waals surface area contributed by atoms with Crippen LogP contribution in [0, 0.1) is 12.7 Å². The molecule has 2 aromatic rings. The van der Waals surface area contributed by atoms with Gasteiger partial charge in [0.2, 0.25) is 10.0 Å². The molecule has 1 atom stereocenters. The van der Waals surface area contributed by atoms with Gasteiger partial charge in [0.05, 0.1) is 12.3 Å². The van der Waals surface area contributed by atoms with Gasteiger partial charge in [0.25, 0.3) is 0 Å². The number of furan rings is 1. The molecule has 2 rings (SSSR count). The SMILES string of the molecule is CCN(CC)C(CNS(=O)(=O)c1cc(C)ccc1F)c1ccco1. The molecule has 7 heteroatoms. The fraction of sp³-hybridized carbons (Fsp3) is 0.412. The van der Waals surface area contributed by atoms with Crippen LogP contribution in [0.5, 0.6) is 0 Å². The van der Waals surface area contributed by atoms with Crippen molar-refractivity contribution in [2.45, 2.75) is 31.7 Å². The van der Waals surface area contributed by atoms with Crippen LogP contribution in [0.15, 0.2) is 45.9 Å². The molecule has 0 spiro atoms. The number of rotatable bonds is 8. The fourth-order valence-electron chi connectivity index (χ4n) is 2.64. The molecule has 1 N–H and O–H groups in total. The van der Waals surface area contributed by atoms with Crippen LogP contribution in [0.4, 0.5) is 4.39 Å². The molecule has 0 saturated carbocycles. The lowest BCUT2D eigenvalue weighted by Crippen LogP contribution is -2.38. The number of hydrogen-bond acceptors (Lipinski definition) is 4. The number of nitrogens with zero attached hydrogens (tertiary/aromatic N) is 1. The van der Waals surface area contributed by atoms with E-state index in [9.17, 15) is 12.8 Å². The summed E-state index contributed by atoms with van der Waals surface area (Å²) >= 11 is 0. The minimum absolute atomic E-state index is 0.102. The second-order valence-corrected chi connectivity index (χ2v) is 7.27. The first-order chi connectivity index (χ1) is 11.4. The van der Waals surface area contributed by atoms with Gasteiger partial charge in [0.15, 0.2) is 0 Å². The van der Waals surface area contributed by atoms with Gasteiger partial charge in [-0.3, -0.25) is 4.90 Å². The maximum Gasteiger partial charge on any atom is 0.243 e. The van der Waals surface area contributed by atoms with Gasteiger partial charge in [-0.2, -0.15) is 0 Å². The van der Waals surface area contributed by atoms with Gasteiger partial charge < -0.3 is 4.42 Å². The Morgan fingerprint density at radius 2 is 1.96 bits per heavy atom. The second kappa shape index (κ2) is 7.92. The van der Waals surface area contributed by atoms with E-state index in [1.165, 1.54) is 12.1 Å². The fourth-order valence-corrected chi connectivity index (χ4v) is 3.84. The standard InChI is InChI=1S/C17H23FN2O3S/c1-4-20(5-2)15(16-7-6-10-23-16)12-19-24(21,22)17-11-13(3)8-9-14(17)18/h6-11,15,19H,4-5,12H2,1-3H3. The van der Waals surface area contributed by atoms with Crippen LogP contribution in [0.25, 0.3) is 0 Å². The molecule has 5 nitrogen and oxygen atoms in total. The number of nitrogens with one attached hydrogen (secondary N) is 1. The van der Waals surface area contributed by atoms with Gasteiger partial charge in [0.1, 0.15) is 16.5 Å². The molecule has 0 amide bonds. The van der Waals surface area contributed by atoms with Crippen LogP contribution in [0.2, 0.25) is 0 Å². The van der Waals surface area contributed by atoms with Crippen molar-refractivity contribution in [1.82, 2.24) is 9.62 Å². The van der Waals surface area contributed by atoms with Crippen LogP contribution < -0.4 is 4.72 Å². The minimum atomic E-state index is -3.94. The molecule has 0 radical (unpaired) electrons. The van der Waals surface area contributed by atoms with Crippen molar-refractivity contribution in [2.75, 3.05) is 19.6 Å². The van der Waals surface area contributed by atoms with E-state index < -0.39 is 15.8 Å². The Morgan fingerprint density at radius 1 is 1.25 bits per heavy atom. The molecule has 24 heavy (non-hydrogen) atoms. The summed E-state index contributed by atoms with van der Waals surface area (Å²) in [6.45, 7) is 7.29. The average molecular weight is 354 g/mol. The Kier molecular flexibility index (Phi) is 6.15. The van der Waals surface area contributed by atoms with Gasteiger partial charge in [-0.15, -0.1) is 0 Å². The lowest BCUT2D eigenvalue weighted by molar-refractivity contribution is 0.194. The molecule has 132 valence electrons. The zero-order valence-corrected chi connectivity index (χ0v) is 14.9. The van der Waals surface area contributed by atoms with E-state index in [0.29, 0.717) is 11.3 Å². The summed E-state index contributed by atoms with van der Waals surface area (Å²) in [5, 5.41) is 0. The van der Waals surface area contributed by atoms with Crippen LogP contribution in [-0.4, -0.2) is 33.0 Å². The Hall–Kier alpha value is -1.70. The van der Waals surface area contributed by atoms with Crippen LogP contribution in [0.1, 0.15) is 31.2 Å². The number of hydrogen-bond donors (Lipinski definition) is 1. The predicted octanol–water partition coefficient (Wildman–Crippen LogP) is 3.09. The Bertz CT molecular complexity index is 756. The monoisotopic (exact) mass is 354 g/mol.